The molecule has 0 radical (unpaired) electrons. The molecule has 1 aliphatic carbocycles. The summed E-state index contributed by atoms with van der Waals surface area (Å²) >= 11 is 3.33. The molecule has 0 aromatic rings. The zero-order chi connectivity index (χ0) is 13.8. The Kier molecular flexibility index (Phi) is 6.03. The van der Waals surface area contributed by atoms with E-state index >= 15 is 0 Å². The molecule has 18 heavy (non-hydrogen) atoms. The fourth-order valence-corrected chi connectivity index (χ4v) is 3.93. The molecule has 0 aromatic heterocycles. The molecule has 1 aliphatic rings. The number of halogens is 1. The predicted molar refractivity (Wildman–Crippen MR) is 78.0 cm³/mol. The number of hydrogen-bond donors (Lipinski definition) is 0. The quantitative estimate of drug-likeness (QED) is 0.572. The second-order valence-electron chi connectivity index (χ2n) is 5.50. The lowest BCUT2D eigenvalue weighted by Gasteiger charge is -2.41. The zero-order valence-corrected chi connectivity index (χ0v) is 13.4. The summed E-state index contributed by atoms with van der Waals surface area (Å²) in [6.07, 6.45) is 6.48. The van der Waals surface area contributed by atoms with Gasteiger partial charge in [-0.2, -0.15) is 0 Å². The number of ketones is 2. The van der Waals surface area contributed by atoms with Crippen molar-refractivity contribution in [2.45, 2.75) is 70.5 Å². The van der Waals surface area contributed by atoms with Crippen molar-refractivity contribution in [3.63, 3.8) is 0 Å². The Hall–Kier alpha value is -0.180. The maximum Gasteiger partial charge on any atom is 0.157 e. The van der Waals surface area contributed by atoms with Crippen LogP contribution in [0.25, 0.3) is 0 Å². The summed E-state index contributed by atoms with van der Waals surface area (Å²) in [5, 5.41) is 0. The van der Waals surface area contributed by atoms with Gasteiger partial charge in [-0.15, -0.1) is 0 Å². The summed E-state index contributed by atoms with van der Waals surface area (Å²) < 4.78 is 0. The highest BCUT2D eigenvalue weighted by Crippen LogP contribution is 2.45. The van der Waals surface area contributed by atoms with Crippen molar-refractivity contribution in [1.82, 2.24) is 0 Å². The molecular weight excluding hydrogens is 292 g/mol. The van der Waals surface area contributed by atoms with Gasteiger partial charge in [0, 0.05) is 12.3 Å². The maximum atomic E-state index is 12.6. The molecule has 2 nitrogen and oxygen atoms in total. The van der Waals surface area contributed by atoms with Crippen LogP contribution in [0.2, 0.25) is 0 Å². The molecule has 0 aliphatic heterocycles. The number of carbonyl (C=O) groups excluding carboxylic acids is 2. The molecule has 0 spiro atoms. The van der Waals surface area contributed by atoms with Crippen LogP contribution in [0.5, 0.6) is 0 Å². The lowest BCUT2D eigenvalue weighted by Crippen LogP contribution is -2.43. The van der Waals surface area contributed by atoms with Crippen molar-refractivity contribution in [2.75, 3.05) is 0 Å². The highest BCUT2D eigenvalue weighted by Gasteiger charge is 2.43. The fourth-order valence-electron chi connectivity index (χ4n) is 3.39. The molecule has 0 saturated heterocycles. The third-order valence-corrected chi connectivity index (χ3v) is 5.66. The first kappa shape index (κ1) is 15.9. The first-order valence-electron chi connectivity index (χ1n) is 7.22. The van der Waals surface area contributed by atoms with E-state index in [0.29, 0.717) is 6.42 Å². The SMILES string of the molecule is CCCC1C(=O)C(Br)C(=O)CCCC1(CC)CC. The van der Waals surface area contributed by atoms with Crippen LogP contribution in [0.1, 0.15) is 65.7 Å². The minimum absolute atomic E-state index is 0.0473. The summed E-state index contributed by atoms with van der Waals surface area (Å²) in [5.74, 6) is 0.248. The van der Waals surface area contributed by atoms with Gasteiger partial charge in [0.2, 0.25) is 0 Å². The predicted octanol–water partition coefficient (Wildman–Crippen LogP) is 4.29. The van der Waals surface area contributed by atoms with Gasteiger partial charge in [0.15, 0.2) is 11.6 Å². The van der Waals surface area contributed by atoms with Gasteiger partial charge in [0.05, 0.1) is 0 Å². The Morgan fingerprint density at radius 1 is 1.22 bits per heavy atom. The molecule has 104 valence electrons. The van der Waals surface area contributed by atoms with E-state index in [1.165, 1.54) is 0 Å². The third kappa shape index (κ3) is 3.04. The lowest BCUT2D eigenvalue weighted by molar-refractivity contribution is -0.133. The van der Waals surface area contributed by atoms with E-state index in [2.05, 4.69) is 36.7 Å². The molecular formula is C15H25BrO2. The average molecular weight is 317 g/mol. The standard InChI is InChI=1S/C15H25BrO2/c1-4-8-11-14(18)13(16)12(17)9-7-10-15(11,5-2)6-3/h11,13H,4-10H2,1-3H3. The van der Waals surface area contributed by atoms with Crippen LogP contribution in [-0.4, -0.2) is 16.4 Å². The number of alkyl halides is 1. The van der Waals surface area contributed by atoms with E-state index in [1.807, 2.05) is 0 Å². The minimum atomic E-state index is -0.563. The van der Waals surface area contributed by atoms with Crippen molar-refractivity contribution in [1.29, 1.82) is 0 Å². The van der Waals surface area contributed by atoms with Gasteiger partial charge in [-0.1, -0.05) is 43.1 Å². The molecule has 2 unspecified atom stereocenters. The second kappa shape index (κ2) is 6.83. The molecule has 1 saturated carbocycles. The number of carbonyl (C=O) groups is 2. The van der Waals surface area contributed by atoms with Crippen molar-refractivity contribution in [3.8, 4) is 0 Å². The number of Topliss-reactive ketones (excluding diaryl/α,β-unsaturated/α-hetero) is 2. The molecule has 1 rings (SSSR count). The normalized spacial score (nSPS) is 28.9. The topological polar surface area (TPSA) is 34.1 Å². The summed E-state index contributed by atoms with van der Waals surface area (Å²) in [5.41, 5.74) is 0.111. The van der Waals surface area contributed by atoms with E-state index < -0.39 is 4.83 Å². The average Bonchev–Trinajstić information content (AvgIpc) is 2.39. The Balaban J connectivity index is 3.09. The Labute approximate surface area is 119 Å². The number of hydrogen-bond acceptors (Lipinski definition) is 2. The Bertz CT molecular complexity index is 308. The van der Waals surface area contributed by atoms with Gasteiger partial charge >= 0.3 is 0 Å². The monoisotopic (exact) mass is 316 g/mol. The molecule has 0 bridgehead atoms. The van der Waals surface area contributed by atoms with Gasteiger partial charge < -0.3 is 0 Å². The molecule has 3 heteroatoms. The van der Waals surface area contributed by atoms with Crippen molar-refractivity contribution in [2.24, 2.45) is 11.3 Å². The largest absolute Gasteiger partial charge is 0.298 e. The smallest absolute Gasteiger partial charge is 0.157 e. The first-order valence-corrected chi connectivity index (χ1v) is 8.14. The highest BCUT2D eigenvalue weighted by molar-refractivity contribution is 9.10. The van der Waals surface area contributed by atoms with Crippen molar-refractivity contribution >= 4 is 27.5 Å². The van der Waals surface area contributed by atoms with E-state index in [-0.39, 0.29) is 22.9 Å². The molecule has 2 atom stereocenters. The molecule has 0 amide bonds. The summed E-state index contributed by atoms with van der Waals surface area (Å²) in [6.45, 7) is 6.49. The van der Waals surface area contributed by atoms with Gasteiger partial charge in [0.1, 0.15) is 4.83 Å². The van der Waals surface area contributed by atoms with Crippen LogP contribution >= 0.6 is 15.9 Å². The summed E-state index contributed by atoms with van der Waals surface area (Å²) in [4.78, 5) is 23.8. The van der Waals surface area contributed by atoms with Gasteiger partial charge in [-0.05, 0) is 37.5 Å². The van der Waals surface area contributed by atoms with Crippen LogP contribution in [0.15, 0.2) is 0 Å². The molecule has 1 fully saturated rings. The van der Waals surface area contributed by atoms with Crippen LogP contribution < -0.4 is 0 Å². The van der Waals surface area contributed by atoms with Crippen molar-refractivity contribution in [3.05, 3.63) is 0 Å². The van der Waals surface area contributed by atoms with Gasteiger partial charge in [0.25, 0.3) is 0 Å². The Morgan fingerprint density at radius 3 is 2.33 bits per heavy atom. The highest BCUT2D eigenvalue weighted by atomic mass is 79.9. The third-order valence-electron chi connectivity index (χ3n) is 4.70. The Morgan fingerprint density at radius 2 is 1.83 bits per heavy atom. The van der Waals surface area contributed by atoms with Crippen molar-refractivity contribution < 1.29 is 9.59 Å². The molecule has 0 heterocycles. The molecule has 0 N–H and O–H groups in total. The lowest BCUT2D eigenvalue weighted by atomic mass is 9.63. The van der Waals surface area contributed by atoms with E-state index in [9.17, 15) is 9.59 Å². The summed E-state index contributed by atoms with van der Waals surface area (Å²) in [7, 11) is 0. The summed E-state index contributed by atoms with van der Waals surface area (Å²) in [6, 6.07) is 0. The van der Waals surface area contributed by atoms with Crippen LogP contribution in [0, 0.1) is 11.3 Å². The zero-order valence-electron chi connectivity index (χ0n) is 11.8. The fraction of sp³-hybridized carbons (Fsp3) is 0.867. The number of rotatable bonds is 4. The van der Waals surface area contributed by atoms with E-state index in [0.717, 1.165) is 38.5 Å². The van der Waals surface area contributed by atoms with Crippen LogP contribution in [0.4, 0.5) is 0 Å². The van der Waals surface area contributed by atoms with E-state index in [1.54, 1.807) is 0 Å². The van der Waals surface area contributed by atoms with Crippen LogP contribution in [-0.2, 0) is 9.59 Å². The van der Waals surface area contributed by atoms with Gasteiger partial charge in [-0.3, -0.25) is 9.59 Å². The van der Waals surface area contributed by atoms with Gasteiger partial charge in [-0.25, -0.2) is 0 Å². The first-order chi connectivity index (χ1) is 8.52. The second-order valence-corrected chi connectivity index (χ2v) is 6.41. The molecule has 0 aromatic carbocycles. The minimum Gasteiger partial charge on any atom is -0.298 e. The van der Waals surface area contributed by atoms with Crippen LogP contribution in [0.3, 0.4) is 0 Å². The maximum absolute atomic E-state index is 12.6. The van der Waals surface area contributed by atoms with E-state index in [4.69, 9.17) is 0 Å².